The second-order valence-electron chi connectivity index (χ2n) is 8.87. The van der Waals surface area contributed by atoms with Gasteiger partial charge < -0.3 is 24.6 Å². The number of hydrogen-bond donors (Lipinski definition) is 2. The van der Waals surface area contributed by atoms with Crippen LogP contribution in [0.1, 0.15) is 48.9 Å². The summed E-state index contributed by atoms with van der Waals surface area (Å²) in [5, 5.41) is 7.93. The van der Waals surface area contributed by atoms with Crippen LogP contribution in [-0.2, 0) is 31.9 Å². The van der Waals surface area contributed by atoms with E-state index in [4.69, 9.17) is 9.47 Å². The van der Waals surface area contributed by atoms with Crippen molar-refractivity contribution in [1.29, 1.82) is 0 Å². The third-order valence-corrected chi connectivity index (χ3v) is 7.85. The Morgan fingerprint density at radius 3 is 2.24 bits per heavy atom. The fourth-order valence-corrected chi connectivity index (χ4v) is 6.21. The van der Waals surface area contributed by atoms with Gasteiger partial charge in [0.25, 0.3) is 11.8 Å². The largest absolute Gasteiger partial charge is 0.465 e. The molecule has 1 aliphatic carbocycles. The van der Waals surface area contributed by atoms with Gasteiger partial charge in [-0.3, -0.25) is 9.59 Å². The number of ether oxygens (including phenoxy) is 2. The van der Waals surface area contributed by atoms with E-state index in [1.54, 1.807) is 26.4 Å². The van der Waals surface area contributed by atoms with Gasteiger partial charge in [-0.2, -0.15) is 0 Å². The summed E-state index contributed by atoms with van der Waals surface area (Å²) in [6, 6.07) is 0. The average Bonchev–Trinajstić information content (AvgIpc) is 3.31. The lowest BCUT2D eigenvalue weighted by molar-refractivity contribution is -0.874. The molecule has 2 N–H and O–H groups in total. The predicted molar refractivity (Wildman–Crippen MR) is 132 cm³/mol. The van der Waals surface area contributed by atoms with Crippen LogP contribution in [-0.4, -0.2) is 69.6 Å². The molecule has 0 saturated heterocycles. The Hall–Kier alpha value is -2.76. The number of carbonyl (C=O) groups excluding carboxylic acids is 4. The molecule has 0 unspecified atom stereocenters. The third kappa shape index (κ3) is 5.83. The molecule has 0 aliphatic heterocycles. The normalized spacial score (nSPS) is 13.1. The van der Waals surface area contributed by atoms with Gasteiger partial charge in [0.1, 0.15) is 9.88 Å². The molecule has 34 heavy (non-hydrogen) atoms. The molecule has 2 aromatic heterocycles. The first kappa shape index (κ1) is 25.9. The smallest absolute Gasteiger partial charge is 0.350 e. The van der Waals surface area contributed by atoms with Gasteiger partial charge in [-0.1, -0.05) is 0 Å². The highest BCUT2D eigenvalue weighted by Crippen LogP contribution is 2.38. The lowest BCUT2D eigenvalue weighted by atomic mass is 9.95. The van der Waals surface area contributed by atoms with Crippen molar-refractivity contribution in [1.82, 2.24) is 0 Å². The molecular weight excluding hydrogens is 478 g/mol. The van der Waals surface area contributed by atoms with Gasteiger partial charge in [0, 0.05) is 4.88 Å². The molecule has 11 heteroatoms. The second kappa shape index (κ2) is 10.7. The number of hydrogen-bond acceptors (Lipinski definition) is 8. The number of esters is 2. The maximum atomic E-state index is 12.9. The van der Waals surface area contributed by atoms with Crippen LogP contribution < -0.4 is 10.6 Å². The van der Waals surface area contributed by atoms with Gasteiger partial charge in [0.2, 0.25) is 0 Å². The zero-order valence-corrected chi connectivity index (χ0v) is 21.7. The summed E-state index contributed by atoms with van der Waals surface area (Å²) < 4.78 is 9.81. The summed E-state index contributed by atoms with van der Waals surface area (Å²) in [4.78, 5) is 51.4. The fraction of sp³-hybridized carbons (Fsp3) is 0.478. The zero-order valence-electron chi connectivity index (χ0n) is 20.0. The van der Waals surface area contributed by atoms with Gasteiger partial charge in [-0.05, 0) is 49.1 Å². The van der Waals surface area contributed by atoms with Gasteiger partial charge in [0.15, 0.2) is 13.1 Å². The van der Waals surface area contributed by atoms with E-state index in [1.807, 2.05) is 0 Å². The van der Waals surface area contributed by atoms with Crippen LogP contribution in [0.2, 0.25) is 0 Å². The first-order chi connectivity index (χ1) is 16.1. The molecule has 0 aromatic carbocycles. The predicted octanol–water partition coefficient (Wildman–Crippen LogP) is 3.22. The van der Waals surface area contributed by atoms with Crippen LogP contribution in [0.5, 0.6) is 0 Å². The molecule has 9 nitrogen and oxygen atoms in total. The quantitative estimate of drug-likeness (QED) is 0.418. The van der Waals surface area contributed by atoms with E-state index in [1.165, 1.54) is 36.9 Å². The van der Waals surface area contributed by atoms with Crippen LogP contribution in [0.25, 0.3) is 0 Å². The Kier molecular flexibility index (Phi) is 8.11. The number of thiophene rings is 2. The van der Waals surface area contributed by atoms with Crippen molar-refractivity contribution in [3.05, 3.63) is 31.8 Å². The van der Waals surface area contributed by atoms with E-state index in [2.05, 4.69) is 10.6 Å². The van der Waals surface area contributed by atoms with Gasteiger partial charge >= 0.3 is 11.9 Å². The molecule has 0 atom stereocenters. The van der Waals surface area contributed by atoms with E-state index in [0.717, 1.165) is 41.7 Å². The number of aryl methyl sites for hydroxylation is 2. The number of methoxy groups -OCH3 is 2. The topological polar surface area (TPSA) is 111 Å². The maximum Gasteiger partial charge on any atom is 0.350 e. The number of quaternary nitrogens is 1. The van der Waals surface area contributed by atoms with E-state index < -0.39 is 11.9 Å². The van der Waals surface area contributed by atoms with Gasteiger partial charge in [0.05, 0.1) is 39.6 Å². The van der Waals surface area contributed by atoms with Crippen molar-refractivity contribution in [2.45, 2.75) is 32.6 Å². The van der Waals surface area contributed by atoms with Crippen LogP contribution in [0, 0.1) is 6.92 Å². The Balaban J connectivity index is 1.67. The zero-order chi connectivity index (χ0) is 25.0. The molecule has 2 heterocycles. The first-order valence-electron chi connectivity index (χ1n) is 10.9. The number of nitrogens with one attached hydrogen (secondary N) is 2. The number of fused-ring (bicyclic) bond motifs is 1. The molecule has 184 valence electrons. The molecule has 3 rings (SSSR count). The molecule has 1 aliphatic rings. The lowest BCUT2D eigenvalue weighted by Gasteiger charge is -2.28. The SMILES string of the molecule is COC(=O)c1scc(C)c1NC(=O)C[N+](C)(C)CC(=O)Nc1sc2c(c1C(=O)OC)CCCC2. The van der Waals surface area contributed by atoms with Crippen LogP contribution in [0.15, 0.2) is 5.38 Å². The highest BCUT2D eigenvalue weighted by atomic mass is 32.1. The van der Waals surface area contributed by atoms with Crippen molar-refractivity contribution in [3.63, 3.8) is 0 Å². The Morgan fingerprint density at radius 2 is 1.59 bits per heavy atom. The maximum absolute atomic E-state index is 12.9. The number of rotatable bonds is 8. The number of nitrogens with zero attached hydrogens (tertiary/aromatic N) is 1. The first-order valence-corrected chi connectivity index (χ1v) is 12.6. The van der Waals surface area contributed by atoms with Crippen LogP contribution in [0.3, 0.4) is 0 Å². The van der Waals surface area contributed by atoms with Crippen LogP contribution >= 0.6 is 22.7 Å². The van der Waals surface area contributed by atoms with Gasteiger partial charge in [-0.15, -0.1) is 22.7 Å². The summed E-state index contributed by atoms with van der Waals surface area (Å²) in [6.45, 7) is 1.82. The summed E-state index contributed by atoms with van der Waals surface area (Å²) in [7, 11) is 6.15. The Morgan fingerprint density at radius 1 is 0.971 bits per heavy atom. The monoisotopic (exact) mass is 508 g/mol. The van der Waals surface area contributed by atoms with Crippen LogP contribution in [0.4, 0.5) is 10.7 Å². The van der Waals surface area contributed by atoms with Crippen molar-refractivity contribution in [2.75, 3.05) is 52.0 Å². The molecule has 2 aromatic rings. The molecular formula is C23H30N3O6S2+. The number of likely N-dealkylation sites (N-methyl/N-ethyl adjacent to an activating group) is 1. The summed E-state index contributed by atoms with van der Waals surface area (Å²) in [5.74, 6) is -1.59. The van der Waals surface area contributed by atoms with Crippen molar-refractivity contribution in [3.8, 4) is 0 Å². The molecule has 2 amide bonds. The highest BCUT2D eigenvalue weighted by Gasteiger charge is 2.30. The fourth-order valence-electron chi connectivity index (χ4n) is 3.99. The summed E-state index contributed by atoms with van der Waals surface area (Å²) in [6.07, 6.45) is 3.74. The number of amides is 2. The summed E-state index contributed by atoms with van der Waals surface area (Å²) in [5.41, 5.74) is 2.61. The minimum atomic E-state index is -0.512. The molecule has 0 bridgehead atoms. The van der Waals surface area contributed by atoms with Crippen molar-refractivity contribution in [2.24, 2.45) is 0 Å². The third-order valence-electron chi connectivity index (χ3n) is 5.57. The highest BCUT2D eigenvalue weighted by molar-refractivity contribution is 7.17. The van der Waals surface area contributed by atoms with E-state index in [9.17, 15) is 19.2 Å². The minimum absolute atomic E-state index is 0.00805. The average molecular weight is 509 g/mol. The van der Waals surface area contributed by atoms with E-state index >= 15 is 0 Å². The number of anilines is 2. The molecule has 0 spiro atoms. The van der Waals surface area contributed by atoms with Gasteiger partial charge in [-0.25, -0.2) is 9.59 Å². The Labute approximate surface area is 206 Å². The standard InChI is InChI=1S/C23H29N3O6S2/c1-13-12-33-20(23(30)32-5)19(13)24-16(27)10-26(2,3)11-17(28)25-21-18(22(29)31-4)14-8-6-7-9-15(14)34-21/h12H,6-11H2,1-5H3,(H-,24,25,27,28,29,30)/p+1. The second-order valence-corrected chi connectivity index (χ2v) is 10.9. The van der Waals surface area contributed by atoms with E-state index in [0.29, 0.717) is 21.1 Å². The lowest BCUT2D eigenvalue weighted by Crippen LogP contribution is -2.50. The molecule has 0 saturated carbocycles. The van der Waals surface area contributed by atoms with Crippen molar-refractivity contribution >= 4 is 57.1 Å². The minimum Gasteiger partial charge on any atom is -0.465 e. The number of carbonyl (C=O) groups is 4. The molecule has 0 fully saturated rings. The molecule has 0 radical (unpaired) electrons. The Bertz CT molecular complexity index is 1120. The van der Waals surface area contributed by atoms with Crippen molar-refractivity contribution < 1.29 is 33.1 Å². The van der Waals surface area contributed by atoms with E-state index in [-0.39, 0.29) is 29.4 Å². The summed E-state index contributed by atoms with van der Waals surface area (Å²) >= 11 is 2.63.